The Balaban J connectivity index is 1.13. The van der Waals surface area contributed by atoms with E-state index >= 15 is 0 Å². The van der Waals surface area contributed by atoms with Crippen LogP contribution < -0.4 is 0 Å². The van der Waals surface area contributed by atoms with Gasteiger partial charge in [0, 0.05) is 67.3 Å². The molecule has 4 aromatic heterocycles. The van der Waals surface area contributed by atoms with Crippen molar-refractivity contribution in [2.75, 3.05) is 0 Å². The van der Waals surface area contributed by atoms with Crippen LogP contribution in [0.1, 0.15) is 29.6 Å². The van der Waals surface area contributed by atoms with Gasteiger partial charge in [0.05, 0.1) is 0 Å². The van der Waals surface area contributed by atoms with Gasteiger partial charge in [-0.25, -0.2) is 15.0 Å². The van der Waals surface area contributed by atoms with Gasteiger partial charge in [-0.05, 0) is 55.3 Å². The lowest BCUT2D eigenvalue weighted by Gasteiger charge is -2.20. The fourth-order valence-corrected chi connectivity index (χ4v) is 8.45. The molecule has 0 saturated carbocycles. The summed E-state index contributed by atoms with van der Waals surface area (Å²) < 4.78 is 19.6. The van der Waals surface area contributed by atoms with Crippen LogP contribution >= 0.6 is 0 Å². The minimum atomic E-state index is 0.337. The van der Waals surface area contributed by atoms with E-state index in [-0.39, 0.29) is 0 Å². The van der Waals surface area contributed by atoms with E-state index < -0.39 is 0 Å². The van der Waals surface area contributed by atoms with Gasteiger partial charge in [-0.3, -0.25) is 0 Å². The predicted molar refractivity (Wildman–Crippen MR) is 221 cm³/mol. The maximum absolute atomic E-state index is 6.83. The van der Waals surface area contributed by atoms with Crippen molar-refractivity contribution in [1.29, 1.82) is 0 Å². The van der Waals surface area contributed by atoms with Crippen LogP contribution in [-0.4, -0.2) is 15.0 Å². The van der Waals surface area contributed by atoms with E-state index in [1.165, 1.54) is 5.57 Å². The molecular weight excluding hydrogens is 679 g/mol. The first-order valence-corrected chi connectivity index (χ1v) is 18.7. The standard InChI is InChI=1S/C49H33N3O3/c1-3-13-38-28(2)43-35(21-11-23-39(43)53-38)48-50-47(29-14-5-4-6-15-29)51-49(52-48)36-22-12-25-41-45(36)34-20-9-19-33(46(34)55-41)32-18-10-24-40-44(32)37-26-30-16-7-8-17-31(30)27-42(37)54-40/h3-26,31H,27H2,1-2H3/b13-3-. The Kier molecular flexibility index (Phi) is 7.01. The summed E-state index contributed by atoms with van der Waals surface area (Å²) in [4.78, 5) is 15.5. The Labute approximate surface area is 316 Å². The summed E-state index contributed by atoms with van der Waals surface area (Å²) in [5, 5.41) is 4.04. The van der Waals surface area contributed by atoms with Crippen molar-refractivity contribution in [2.45, 2.75) is 20.3 Å². The molecule has 1 atom stereocenters. The summed E-state index contributed by atoms with van der Waals surface area (Å²) in [7, 11) is 0. The number of fused-ring (bicyclic) bond motifs is 8. The summed E-state index contributed by atoms with van der Waals surface area (Å²) in [6.45, 7) is 4.07. The van der Waals surface area contributed by atoms with Gasteiger partial charge in [-0.15, -0.1) is 0 Å². The zero-order chi connectivity index (χ0) is 36.6. The third-order valence-corrected chi connectivity index (χ3v) is 11.0. The monoisotopic (exact) mass is 711 g/mol. The minimum Gasteiger partial charge on any atom is -0.460 e. The maximum atomic E-state index is 6.83. The Morgan fingerprint density at radius 3 is 2.07 bits per heavy atom. The molecule has 5 aromatic carbocycles. The van der Waals surface area contributed by atoms with E-state index in [9.17, 15) is 0 Å². The summed E-state index contributed by atoms with van der Waals surface area (Å²) in [6.07, 6.45) is 15.8. The van der Waals surface area contributed by atoms with E-state index in [1.54, 1.807) is 0 Å². The Bertz CT molecular complexity index is 3150. The summed E-state index contributed by atoms with van der Waals surface area (Å²) in [5.41, 5.74) is 11.5. The average molecular weight is 712 g/mol. The molecule has 0 amide bonds. The number of hydrogen-bond acceptors (Lipinski definition) is 6. The molecule has 11 rings (SSSR count). The van der Waals surface area contributed by atoms with Gasteiger partial charge in [0.15, 0.2) is 17.5 Å². The lowest BCUT2D eigenvalue weighted by Crippen LogP contribution is -2.10. The van der Waals surface area contributed by atoms with Crippen LogP contribution in [0, 0.1) is 12.8 Å². The molecule has 6 heteroatoms. The maximum Gasteiger partial charge on any atom is 0.164 e. The van der Waals surface area contributed by atoms with Crippen molar-refractivity contribution in [3.63, 3.8) is 0 Å². The number of hydrogen-bond donors (Lipinski definition) is 0. The predicted octanol–water partition coefficient (Wildman–Crippen LogP) is 13.0. The van der Waals surface area contributed by atoms with Gasteiger partial charge >= 0.3 is 0 Å². The number of aryl methyl sites for hydroxylation is 1. The largest absolute Gasteiger partial charge is 0.460 e. The highest BCUT2D eigenvalue weighted by Crippen LogP contribution is 2.46. The summed E-state index contributed by atoms with van der Waals surface area (Å²) in [5.74, 6) is 3.92. The second-order valence-electron chi connectivity index (χ2n) is 14.2. The average Bonchev–Trinajstić information content (AvgIpc) is 3.90. The van der Waals surface area contributed by atoms with Gasteiger partial charge in [0.1, 0.15) is 33.9 Å². The van der Waals surface area contributed by atoms with Gasteiger partial charge in [0.2, 0.25) is 0 Å². The molecule has 6 nitrogen and oxygen atoms in total. The minimum absolute atomic E-state index is 0.337. The molecule has 55 heavy (non-hydrogen) atoms. The van der Waals surface area contributed by atoms with Crippen LogP contribution in [0.4, 0.5) is 0 Å². The zero-order valence-electron chi connectivity index (χ0n) is 30.2. The van der Waals surface area contributed by atoms with E-state index in [2.05, 4.69) is 85.8 Å². The fraction of sp³-hybridized carbons (Fsp3) is 0.0816. The van der Waals surface area contributed by atoms with Crippen LogP contribution in [0.25, 0.3) is 101 Å². The van der Waals surface area contributed by atoms with E-state index in [4.69, 9.17) is 28.2 Å². The lowest BCUT2D eigenvalue weighted by molar-refractivity contribution is 0.521. The molecular formula is C49H33N3O3. The molecule has 2 aliphatic carbocycles. The third kappa shape index (κ3) is 4.91. The number of rotatable bonds is 5. The smallest absolute Gasteiger partial charge is 0.164 e. The van der Waals surface area contributed by atoms with Crippen molar-refractivity contribution < 1.29 is 13.3 Å². The van der Waals surface area contributed by atoms with E-state index in [0.717, 1.165) is 101 Å². The highest BCUT2D eigenvalue weighted by atomic mass is 16.3. The third-order valence-electron chi connectivity index (χ3n) is 11.0. The highest BCUT2D eigenvalue weighted by Gasteiger charge is 2.27. The first kappa shape index (κ1) is 31.5. The molecule has 4 heterocycles. The summed E-state index contributed by atoms with van der Waals surface area (Å²) in [6, 6.07) is 34.9. The number of aromatic nitrogens is 3. The molecule has 0 spiro atoms. The van der Waals surface area contributed by atoms with E-state index in [1.807, 2.05) is 73.7 Å². The van der Waals surface area contributed by atoms with Gasteiger partial charge < -0.3 is 13.3 Å². The Hall–Kier alpha value is -7.05. The Morgan fingerprint density at radius 1 is 0.618 bits per heavy atom. The molecule has 9 aromatic rings. The molecule has 0 radical (unpaired) electrons. The van der Waals surface area contributed by atoms with Crippen molar-refractivity contribution in [1.82, 2.24) is 15.0 Å². The number of para-hydroxylation sites is 1. The zero-order valence-corrected chi connectivity index (χ0v) is 30.2. The number of furan rings is 3. The molecule has 0 fully saturated rings. The summed E-state index contributed by atoms with van der Waals surface area (Å²) >= 11 is 0. The van der Waals surface area contributed by atoms with Crippen LogP contribution in [0.3, 0.4) is 0 Å². The van der Waals surface area contributed by atoms with Crippen LogP contribution in [0.5, 0.6) is 0 Å². The highest BCUT2D eigenvalue weighted by molar-refractivity contribution is 6.17. The van der Waals surface area contributed by atoms with Crippen LogP contribution in [-0.2, 0) is 6.42 Å². The Morgan fingerprint density at radius 2 is 1.29 bits per heavy atom. The molecule has 2 aliphatic rings. The first-order valence-electron chi connectivity index (χ1n) is 18.7. The van der Waals surface area contributed by atoms with Crippen LogP contribution in [0.2, 0.25) is 0 Å². The second-order valence-corrected chi connectivity index (χ2v) is 14.2. The quantitative estimate of drug-likeness (QED) is 0.177. The molecule has 0 aliphatic heterocycles. The van der Waals surface area contributed by atoms with Crippen molar-refractivity contribution in [2.24, 2.45) is 5.92 Å². The fourth-order valence-electron chi connectivity index (χ4n) is 8.45. The second kappa shape index (κ2) is 12.3. The molecule has 1 unspecified atom stereocenters. The number of benzene rings is 5. The van der Waals surface area contributed by atoms with Crippen molar-refractivity contribution in [3.05, 3.63) is 162 Å². The van der Waals surface area contributed by atoms with Gasteiger partial charge in [0.25, 0.3) is 0 Å². The number of allylic oxidation sites excluding steroid dienone is 6. The topological polar surface area (TPSA) is 78.1 Å². The molecule has 0 N–H and O–H groups in total. The first-order chi connectivity index (χ1) is 27.1. The van der Waals surface area contributed by atoms with Crippen LogP contribution in [0.15, 0.2) is 152 Å². The molecule has 0 bridgehead atoms. The van der Waals surface area contributed by atoms with Gasteiger partial charge in [-0.1, -0.05) is 115 Å². The van der Waals surface area contributed by atoms with Crippen molar-refractivity contribution >= 4 is 56.0 Å². The van der Waals surface area contributed by atoms with E-state index in [0.29, 0.717) is 23.4 Å². The number of nitrogens with zero attached hydrogens (tertiary/aromatic N) is 3. The SMILES string of the molecule is C/C=C\c1oc2cccc(-c3nc(-c4ccccc4)nc(-c4cccc5oc6c(-c7cccc8oc9c(c78)C=C7C=CC=CC7C9)cccc6c45)n3)c2c1C. The normalized spacial score (nSPS) is 15.1. The van der Waals surface area contributed by atoms with Gasteiger partial charge in [-0.2, -0.15) is 0 Å². The van der Waals surface area contributed by atoms with Crippen molar-refractivity contribution in [3.8, 4) is 45.3 Å². The lowest BCUT2D eigenvalue weighted by atomic mass is 9.83. The molecule has 262 valence electrons. The molecule has 0 saturated heterocycles.